The SMILES string of the molecule is CN(C)c1ccc(CNC(=O)N2CCN(C(=O)c3ccccc3F)CC2)cc1F. The predicted octanol–water partition coefficient (Wildman–Crippen LogP) is 2.70. The summed E-state index contributed by atoms with van der Waals surface area (Å²) in [6.07, 6.45) is 0. The Morgan fingerprint density at radius 1 is 0.966 bits per heavy atom. The number of benzene rings is 2. The number of carbonyl (C=O) groups is 2. The van der Waals surface area contributed by atoms with Gasteiger partial charge in [-0.2, -0.15) is 0 Å². The fourth-order valence-electron chi connectivity index (χ4n) is 3.23. The standard InChI is InChI=1S/C21H24F2N4O2/c1-25(2)19-8-7-15(13-18(19)23)14-24-21(29)27-11-9-26(10-12-27)20(28)16-5-3-4-6-17(16)22/h3-8,13H,9-12,14H2,1-2H3,(H,24,29). The Bertz CT molecular complexity index is 896. The molecule has 0 saturated carbocycles. The van der Waals surface area contributed by atoms with E-state index in [4.69, 9.17) is 0 Å². The second-order valence-electron chi connectivity index (χ2n) is 7.10. The molecular formula is C21H24F2N4O2. The molecule has 1 N–H and O–H groups in total. The van der Waals surface area contributed by atoms with Crippen LogP contribution < -0.4 is 10.2 Å². The van der Waals surface area contributed by atoms with E-state index in [1.807, 2.05) is 0 Å². The number of urea groups is 1. The second-order valence-corrected chi connectivity index (χ2v) is 7.10. The minimum absolute atomic E-state index is 0.0357. The van der Waals surface area contributed by atoms with Crippen molar-refractivity contribution in [2.75, 3.05) is 45.2 Å². The zero-order valence-corrected chi connectivity index (χ0v) is 16.5. The molecule has 1 aliphatic rings. The lowest BCUT2D eigenvalue weighted by molar-refractivity contribution is 0.0660. The first kappa shape index (κ1) is 20.6. The summed E-state index contributed by atoms with van der Waals surface area (Å²) in [5, 5.41) is 2.77. The summed E-state index contributed by atoms with van der Waals surface area (Å²) in [6, 6.07) is 10.4. The molecule has 6 nitrogen and oxygen atoms in total. The number of nitrogens with zero attached hydrogens (tertiary/aromatic N) is 3. The zero-order chi connectivity index (χ0) is 21.0. The number of carbonyl (C=O) groups excluding carboxylic acids is 2. The molecule has 0 bridgehead atoms. The Kier molecular flexibility index (Phi) is 6.31. The highest BCUT2D eigenvalue weighted by molar-refractivity contribution is 5.94. The monoisotopic (exact) mass is 402 g/mol. The molecule has 3 amide bonds. The van der Waals surface area contributed by atoms with Crippen molar-refractivity contribution in [2.45, 2.75) is 6.54 Å². The van der Waals surface area contributed by atoms with Crippen LogP contribution in [0.25, 0.3) is 0 Å². The third-order valence-electron chi connectivity index (χ3n) is 4.90. The van der Waals surface area contributed by atoms with Gasteiger partial charge in [-0.25, -0.2) is 13.6 Å². The molecule has 1 saturated heterocycles. The number of anilines is 1. The number of nitrogens with one attached hydrogen (secondary N) is 1. The van der Waals surface area contributed by atoms with Crippen LogP contribution in [0.4, 0.5) is 19.3 Å². The molecule has 1 fully saturated rings. The molecule has 1 heterocycles. The minimum Gasteiger partial charge on any atom is -0.375 e. The first-order valence-electron chi connectivity index (χ1n) is 9.39. The Labute approximate surface area is 168 Å². The number of hydrogen-bond donors (Lipinski definition) is 1. The normalized spacial score (nSPS) is 13.9. The van der Waals surface area contributed by atoms with Crippen molar-refractivity contribution in [3.8, 4) is 0 Å². The van der Waals surface area contributed by atoms with Gasteiger partial charge in [-0.1, -0.05) is 18.2 Å². The maximum absolute atomic E-state index is 14.0. The van der Waals surface area contributed by atoms with Gasteiger partial charge in [0.05, 0.1) is 11.3 Å². The van der Waals surface area contributed by atoms with Crippen molar-refractivity contribution in [3.05, 3.63) is 65.2 Å². The van der Waals surface area contributed by atoms with Crippen LogP contribution in [0.15, 0.2) is 42.5 Å². The fourth-order valence-corrected chi connectivity index (χ4v) is 3.23. The molecular weight excluding hydrogens is 378 g/mol. The lowest BCUT2D eigenvalue weighted by Crippen LogP contribution is -2.53. The van der Waals surface area contributed by atoms with Crippen LogP contribution in [0.2, 0.25) is 0 Å². The zero-order valence-electron chi connectivity index (χ0n) is 16.5. The maximum atomic E-state index is 14.0. The van der Waals surface area contributed by atoms with Gasteiger partial charge in [0.2, 0.25) is 0 Å². The molecule has 0 atom stereocenters. The first-order valence-corrected chi connectivity index (χ1v) is 9.39. The molecule has 0 aliphatic carbocycles. The van der Waals surface area contributed by atoms with E-state index in [1.165, 1.54) is 29.2 Å². The van der Waals surface area contributed by atoms with Gasteiger partial charge in [0, 0.05) is 46.8 Å². The molecule has 0 unspecified atom stereocenters. The number of halogens is 2. The van der Waals surface area contributed by atoms with E-state index in [0.29, 0.717) is 37.4 Å². The predicted molar refractivity (Wildman–Crippen MR) is 107 cm³/mol. The van der Waals surface area contributed by atoms with Gasteiger partial charge in [0.1, 0.15) is 11.6 Å². The van der Waals surface area contributed by atoms with Gasteiger partial charge in [0.15, 0.2) is 0 Å². The molecule has 0 spiro atoms. The molecule has 2 aromatic rings. The Hall–Kier alpha value is -3.16. The Morgan fingerprint density at radius 3 is 2.24 bits per heavy atom. The van der Waals surface area contributed by atoms with Gasteiger partial charge < -0.3 is 20.0 Å². The molecule has 0 aromatic heterocycles. The largest absolute Gasteiger partial charge is 0.375 e. The van der Waals surface area contributed by atoms with Gasteiger partial charge >= 0.3 is 6.03 Å². The van der Waals surface area contributed by atoms with Crippen LogP contribution in [0, 0.1) is 11.6 Å². The highest BCUT2D eigenvalue weighted by atomic mass is 19.1. The summed E-state index contributed by atoms with van der Waals surface area (Å²) in [5.74, 6) is -1.27. The maximum Gasteiger partial charge on any atom is 0.317 e. The Morgan fingerprint density at radius 2 is 1.62 bits per heavy atom. The smallest absolute Gasteiger partial charge is 0.317 e. The molecule has 0 radical (unpaired) electrons. The van der Waals surface area contributed by atoms with E-state index in [9.17, 15) is 18.4 Å². The minimum atomic E-state index is -0.551. The summed E-state index contributed by atoms with van der Waals surface area (Å²) < 4.78 is 27.8. The molecule has 2 aromatic carbocycles. The highest BCUT2D eigenvalue weighted by Gasteiger charge is 2.26. The van der Waals surface area contributed by atoms with Crippen molar-refractivity contribution >= 4 is 17.6 Å². The van der Waals surface area contributed by atoms with Crippen molar-refractivity contribution in [1.82, 2.24) is 15.1 Å². The summed E-state index contributed by atoms with van der Waals surface area (Å²) >= 11 is 0. The summed E-state index contributed by atoms with van der Waals surface area (Å²) in [6.45, 7) is 1.55. The van der Waals surface area contributed by atoms with Crippen molar-refractivity contribution in [2.24, 2.45) is 0 Å². The first-order chi connectivity index (χ1) is 13.9. The van der Waals surface area contributed by atoms with Crippen LogP contribution in [0.3, 0.4) is 0 Å². The molecule has 3 rings (SSSR count). The van der Waals surface area contributed by atoms with Crippen molar-refractivity contribution < 1.29 is 18.4 Å². The average molecular weight is 402 g/mol. The van der Waals surface area contributed by atoms with Crippen LogP contribution in [-0.2, 0) is 6.54 Å². The number of hydrogen-bond acceptors (Lipinski definition) is 3. The summed E-state index contributed by atoms with van der Waals surface area (Å²) in [5.41, 5.74) is 1.18. The molecule has 1 aliphatic heterocycles. The average Bonchev–Trinajstić information content (AvgIpc) is 2.72. The molecule has 29 heavy (non-hydrogen) atoms. The van der Waals surface area contributed by atoms with Crippen LogP contribution >= 0.6 is 0 Å². The second kappa shape index (κ2) is 8.89. The number of amides is 3. The third kappa shape index (κ3) is 4.82. The summed E-state index contributed by atoms with van der Waals surface area (Å²) in [4.78, 5) is 29.6. The van der Waals surface area contributed by atoms with Crippen LogP contribution in [0.1, 0.15) is 15.9 Å². The quantitative estimate of drug-likeness (QED) is 0.856. The van der Waals surface area contributed by atoms with E-state index in [-0.39, 0.29) is 29.9 Å². The van der Waals surface area contributed by atoms with E-state index < -0.39 is 5.82 Å². The van der Waals surface area contributed by atoms with E-state index in [1.54, 1.807) is 42.1 Å². The molecule has 154 valence electrons. The lowest BCUT2D eigenvalue weighted by atomic mass is 10.1. The fraction of sp³-hybridized carbons (Fsp3) is 0.333. The number of piperazine rings is 1. The third-order valence-corrected chi connectivity index (χ3v) is 4.90. The highest BCUT2D eigenvalue weighted by Crippen LogP contribution is 2.18. The van der Waals surface area contributed by atoms with Gasteiger partial charge in [-0.05, 0) is 29.8 Å². The van der Waals surface area contributed by atoms with E-state index in [2.05, 4.69) is 5.32 Å². The number of rotatable bonds is 4. The topological polar surface area (TPSA) is 55.9 Å². The van der Waals surface area contributed by atoms with Crippen LogP contribution in [0.5, 0.6) is 0 Å². The Balaban J connectivity index is 1.51. The van der Waals surface area contributed by atoms with Crippen molar-refractivity contribution in [3.63, 3.8) is 0 Å². The molecule has 8 heteroatoms. The van der Waals surface area contributed by atoms with Crippen LogP contribution in [-0.4, -0.2) is 62.0 Å². The van der Waals surface area contributed by atoms with Gasteiger partial charge in [0.25, 0.3) is 5.91 Å². The lowest BCUT2D eigenvalue weighted by Gasteiger charge is -2.34. The van der Waals surface area contributed by atoms with E-state index in [0.717, 1.165) is 0 Å². The van der Waals surface area contributed by atoms with Gasteiger partial charge in [-0.15, -0.1) is 0 Å². The van der Waals surface area contributed by atoms with E-state index >= 15 is 0 Å². The van der Waals surface area contributed by atoms with Crippen molar-refractivity contribution in [1.29, 1.82) is 0 Å². The summed E-state index contributed by atoms with van der Waals surface area (Å²) in [7, 11) is 3.52. The van der Waals surface area contributed by atoms with Gasteiger partial charge in [-0.3, -0.25) is 4.79 Å².